The fraction of sp³-hybridized carbons (Fsp3) is 0.217. The Kier molecular flexibility index (Phi) is 6.60. The molecule has 0 aliphatic heterocycles. The van der Waals surface area contributed by atoms with Crippen molar-refractivity contribution in [3.05, 3.63) is 70.2 Å². The summed E-state index contributed by atoms with van der Waals surface area (Å²) in [5.74, 6) is -1.11. The van der Waals surface area contributed by atoms with E-state index in [1.165, 1.54) is 23.8 Å². The first-order chi connectivity index (χ1) is 14.4. The van der Waals surface area contributed by atoms with E-state index in [4.69, 9.17) is 10.00 Å². The summed E-state index contributed by atoms with van der Waals surface area (Å²) in [6.45, 7) is 5.32. The van der Waals surface area contributed by atoms with Gasteiger partial charge in [0.05, 0.1) is 16.9 Å². The fourth-order valence-electron chi connectivity index (χ4n) is 2.78. The number of aromatic nitrogens is 1. The summed E-state index contributed by atoms with van der Waals surface area (Å²) in [6.07, 6.45) is -0.0777. The molecule has 6 nitrogen and oxygen atoms in total. The van der Waals surface area contributed by atoms with Gasteiger partial charge in [0, 0.05) is 5.56 Å². The zero-order valence-electron chi connectivity index (χ0n) is 16.9. The van der Waals surface area contributed by atoms with Crippen LogP contribution in [0.3, 0.4) is 0 Å². The molecule has 0 bridgehead atoms. The molecule has 0 aliphatic rings. The molecule has 1 heterocycles. The second kappa shape index (κ2) is 9.33. The number of aryl methyl sites for hydroxylation is 2. The summed E-state index contributed by atoms with van der Waals surface area (Å²) in [7, 11) is 0. The highest BCUT2D eigenvalue weighted by molar-refractivity contribution is 7.17. The second-order valence-electron chi connectivity index (χ2n) is 6.68. The number of ether oxygens (including phenoxy) is 1. The number of esters is 1. The minimum Gasteiger partial charge on any atom is -0.448 e. The average Bonchev–Trinajstić information content (AvgIpc) is 3.15. The van der Waals surface area contributed by atoms with Crippen LogP contribution in [-0.4, -0.2) is 23.0 Å². The highest BCUT2D eigenvalue weighted by Crippen LogP contribution is 2.29. The number of nitrogens with zero attached hydrogens (tertiary/aromatic N) is 2. The largest absolute Gasteiger partial charge is 0.448 e. The Morgan fingerprint density at radius 3 is 2.57 bits per heavy atom. The van der Waals surface area contributed by atoms with Gasteiger partial charge in [-0.05, 0) is 38.0 Å². The zero-order valence-corrected chi connectivity index (χ0v) is 17.7. The standard InChI is InChI=1S/C23H21N3O3S/c1-4-16-9-11-17(12-10-16)22-25-14(2)20(30-22)23(28)29-15(3)21(27)26-19-8-6-5-7-18(19)13-24/h5-12,15H,4H2,1-3H3,(H,26,27)/t15-/m0/s1. The first-order valence-electron chi connectivity index (χ1n) is 9.50. The molecule has 0 spiro atoms. The van der Waals surface area contributed by atoms with Gasteiger partial charge in [-0.15, -0.1) is 11.3 Å². The summed E-state index contributed by atoms with van der Waals surface area (Å²) in [5.41, 5.74) is 3.42. The van der Waals surface area contributed by atoms with Crippen LogP contribution >= 0.6 is 11.3 Å². The Morgan fingerprint density at radius 1 is 1.20 bits per heavy atom. The minimum atomic E-state index is -1.03. The van der Waals surface area contributed by atoms with Gasteiger partial charge >= 0.3 is 5.97 Å². The molecule has 7 heteroatoms. The Hall–Kier alpha value is -3.50. The van der Waals surface area contributed by atoms with Crippen molar-refractivity contribution in [2.45, 2.75) is 33.3 Å². The van der Waals surface area contributed by atoms with E-state index in [2.05, 4.69) is 17.2 Å². The summed E-state index contributed by atoms with van der Waals surface area (Å²) in [4.78, 5) is 29.9. The van der Waals surface area contributed by atoms with Gasteiger partial charge in [0.25, 0.3) is 5.91 Å². The SMILES string of the molecule is CCc1ccc(-c2nc(C)c(C(=O)O[C@@H](C)C(=O)Nc3ccccc3C#N)s2)cc1. The lowest BCUT2D eigenvalue weighted by molar-refractivity contribution is -0.123. The fourth-order valence-corrected chi connectivity index (χ4v) is 3.74. The molecule has 152 valence electrons. The van der Waals surface area contributed by atoms with E-state index in [1.54, 1.807) is 31.2 Å². The molecule has 0 fully saturated rings. The number of hydrogen-bond acceptors (Lipinski definition) is 6. The normalized spacial score (nSPS) is 11.4. The van der Waals surface area contributed by atoms with Crippen molar-refractivity contribution in [3.8, 4) is 16.6 Å². The highest BCUT2D eigenvalue weighted by atomic mass is 32.1. The maximum absolute atomic E-state index is 12.6. The van der Waals surface area contributed by atoms with E-state index < -0.39 is 18.0 Å². The molecule has 0 aliphatic carbocycles. The van der Waals surface area contributed by atoms with Gasteiger partial charge in [-0.3, -0.25) is 4.79 Å². The molecular weight excluding hydrogens is 398 g/mol. The van der Waals surface area contributed by atoms with Gasteiger partial charge in [-0.25, -0.2) is 9.78 Å². The molecule has 1 atom stereocenters. The maximum atomic E-state index is 12.6. The second-order valence-corrected chi connectivity index (χ2v) is 7.68. The van der Waals surface area contributed by atoms with Crippen LogP contribution < -0.4 is 5.32 Å². The number of amides is 1. The molecule has 0 saturated carbocycles. The summed E-state index contributed by atoms with van der Waals surface area (Å²) >= 11 is 1.24. The third kappa shape index (κ3) is 4.73. The van der Waals surface area contributed by atoms with Gasteiger partial charge in [-0.1, -0.05) is 43.3 Å². The molecule has 1 amide bonds. The van der Waals surface area contributed by atoms with Crippen LogP contribution in [0.4, 0.5) is 5.69 Å². The van der Waals surface area contributed by atoms with Crippen LogP contribution in [0.15, 0.2) is 48.5 Å². The summed E-state index contributed by atoms with van der Waals surface area (Å²) in [5, 5.41) is 12.5. The number of benzene rings is 2. The predicted octanol–water partition coefficient (Wildman–Crippen LogP) is 4.74. The Bertz CT molecular complexity index is 1110. The van der Waals surface area contributed by atoms with Crippen molar-refractivity contribution < 1.29 is 14.3 Å². The number of hydrogen-bond donors (Lipinski definition) is 1. The number of nitriles is 1. The number of thiazole rings is 1. The maximum Gasteiger partial charge on any atom is 0.351 e. The Labute approximate surface area is 179 Å². The third-order valence-electron chi connectivity index (χ3n) is 4.55. The predicted molar refractivity (Wildman–Crippen MR) is 116 cm³/mol. The zero-order chi connectivity index (χ0) is 21.7. The van der Waals surface area contributed by atoms with E-state index >= 15 is 0 Å². The molecular formula is C23H21N3O3S. The molecule has 3 aromatic rings. The van der Waals surface area contributed by atoms with Gasteiger partial charge in [-0.2, -0.15) is 5.26 Å². The number of para-hydroxylation sites is 1. The lowest BCUT2D eigenvalue weighted by Gasteiger charge is -2.13. The van der Waals surface area contributed by atoms with E-state index in [0.29, 0.717) is 21.8 Å². The molecule has 3 rings (SSSR count). The molecule has 2 aromatic carbocycles. The van der Waals surface area contributed by atoms with E-state index in [0.717, 1.165) is 17.0 Å². The smallest absolute Gasteiger partial charge is 0.351 e. The van der Waals surface area contributed by atoms with Gasteiger partial charge in [0.1, 0.15) is 16.0 Å². The van der Waals surface area contributed by atoms with Crippen LogP contribution in [0, 0.1) is 18.3 Å². The van der Waals surface area contributed by atoms with Crippen LogP contribution in [0.2, 0.25) is 0 Å². The number of anilines is 1. The van der Waals surface area contributed by atoms with Crippen LogP contribution in [0.25, 0.3) is 10.6 Å². The van der Waals surface area contributed by atoms with E-state index in [9.17, 15) is 9.59 Å². The number of carbonyl (C=O) groups excluding carboxylic acids is 2. The van der Waals surface area contributed by atoms with Gasteiger partial charge in [0.15, 0.2) is 6.10 Å². The quantitative estimate of drug-likeness (QED) is 0.583. The topological polar surface area (TPSA) is 92.1 Å². The van der Waals surface area contributed by atoms with E-state index in [1.807, 2.05) is 30.3 Å². The van der Waals surface area contributed by atoms with Crippen molar-refractivity contribution in [3.63, 3.8) is 0 Å². The van der Waals surface area contributed by atoms with Crippen molar-refractivity contribution in [1.82, 2.24) is 4.98 Å². The number of rotatable bonds is 6. The Balaban J connectivity index is 1.70. The van der Waals surface area contributed by atoms with Crippen molar-refractivity contribution in [2.75, 3.05) is 5.32 Å². The third-order valence-corrected chi connectivity index (χ3v) is 5.74. The average molecular weight is 420 g/mol. The highest BCUT2D eigenvalue weighted by Gasteiger charge is 2.23. The first kappa shape index (κ1) is 21.2. The van der Waals surface area contributed by atoms with Crippen LogP contribution in [0.5, 0.6) is 0 Å². The number of nitrogens with one attached hydrogen (secondary N) is 1. The Morgan fingerprint density at radius 2 is 1.90 bits per heavy atom. The van der Waals surface area contributed by atoms with Crippen molar-refractivity contribution >= 4 is 28.9 Å². The van der Waals surface area contributed by atoms with Crippen LogP contribution in [0.1, 0.15) is 40.3 Å². The lowest BCUT2D eigenvalue weighted by atomic mass is 10.1. The van der Waals surface area contributed by atoms with E-state index in [-0.39, 0.29) is 0 Å². The molecule has 30 heavy (non-hydrogen) atoms. The van der Waals surface area contributed by atoms with Crippen molar-refractivity contribution in [1.29, 1.82) is 5.26 Å². The van der Waals surface area contributed by atoms with Gasteiger partial charge < -0.3 is 10.1 Å². The summed E-state index contributed by atoms with van der Waals surface area (Å²) < 4.78 is 5.35. The lowest BCUT2D eigenvalue weighted by Crippen LogP contribution is -2.30. The molecule has 0 radical (unpaired) electrons. The van der Waals surface area contributed by atoms with Crippen LogP contribution in [-0.2, 0) is 16.0 Å². The molecule has 1 N–H and O–H groups in total. The molecule has 1 aromatic heterocycles. The molecule has 0 saturated heterocycles. The summed E-state index contributed by atoms with van der Waals surface area (Å²) in [6, 6.07) is 16.7. The minimum absolute atomic E-state index is 0.335. The number of carbonyl (C=O) groups is 2. The van der Waals surface area contributed by atoms with Gasteiger partial charge in [0.2, 0.25) is 0 Å². The monoisotopic (exact) mass is 419 g/mol. The molecule has 0 unspecified atom stereocenters. The first-order valence-corrected chi connectivity index (χ1v) is 10.3. The van der Waals surface area contributed by atoms with Crippen molar-refractivity contribution in [2.24, 2.45) is 0 Å².